The molecule has 5 nitrogen and oxygen atoms in total. The molecule has 1 amide bonds. The minimum Gasteiger partial charge on any atom is -0.367 e. The molecule has 0 saturated carbocycles. The molecule has 0 bridgehead atoms. The molecule has 1 N–H and O–H groups in total. The highest BCUT2D eigenvalue weighted by Crippen LogP contribution is 2.25. The Morgan fingerprint density at radius 3 is 3.10 bits per heavy atom. The number of hydrogen-bond acceptors (Lipinski definition) is 5. The molecule has 1 atom stereocenters. The van der Waals surface area contributed by atoms with E-state index >= 15 is 0 Å². The van der Waals surface area contributed by atoms with Crippen LogP contribution in [-0.2, 0) is 9.53 Å². The van der Waals surface area contributed by atoms with Gasteiger partial charge in [0.2, 0.25) is 5.91 Å². The number of carbonyl (C=O) groups is 1. The van der Waals surface area contributed by atoms with Gasteiger partial charge in [-0.3, -0.25) is 4.79 Å². The van der Waals surface area contributed by atoms with E-state index in [1.807, 2.05) is 10.3 Å². The molecule has 0 radical (unpaired) electrons. The molecule has 0 aromatic carbocycles. The molecule has 2 aliphatic rings. The molecule has 3 rings (SSSR count). The van der Waals surface area contributed by atoms with E-state index in [0.29, 0.717) is 32.0 Å². The lowest BCUT2D eigenvalue weighted by Crippen LogP contribution is -2.42. The highest BCUT2D eigenvalue weighted by molar-refractivity contribution is 7.09. The van der Waals surface area contributed by atoms with E-state index in [1.54, 1.807) is 17.5 Å². The zero-order valence-corrected chi connectivity index (χ0v) is 13.1. The van der Waals surface area contributed by atoms with Crippen molar-refractivity contribution in [1.29, 1.82) is 0 Å². The van der Waals surface area contributed by atoms with Crippen LogP contribution in [-0.4, -0.2) is 48.6 Å². The van der Waals surface area contributed by atoms with E-state index in [4.69, 9.17) is 4.74 Å². The molecule has 3 heterocycles. The molecule has 0 aliphatic carbocycles. The summed E-state index contributed by atoms with van der Waals surface area (Å²) in [6, 6.07) is 0. The van der Waals surface area contributed by atoms with Crippen LogP contribution in [0.25, 0.3) is 0 Å². The highest BCUT2D eigenvalue weighted by atomic mass is 32.1. The normalized spacial score (nSPS) is 24.2. The van der Waals surface area contributed by atoms with Crippen molar-refractivity contribution < 1.29 is 9.53 Å². The number of thiazole rings is 1. The first-order valence-electron chi connectivity index (χ1n) is 7.82. The van der Waals surface area contributed by atoms with Crippen LogP contribution in [0.4, 0.5) is 0 Å². The van der Waals surface area contributed by atoms with E-state index in [-0.39, 0.29) is 12.0 Å². The number of nitrogens with one attached hydrogen (secondary N) is 1. The summed E-state index contributed by atoms with van der Waals surface area (Å²) >= 11 is 1.60. The zero-order chi connectivity index (χ0) is 14.5. The van der Waals surface area contributed by atoms with Crippen molar-refractivity contribution in [2.24, 2.45) is 5.92 Å². The molecule has 6 heteroatoms. The van der Waals surface area contributed by atoms with Gasteiger partial charge in [0, 0.05) is 24.5 Å². The number of morpholine rings is 1. The first-order chi connectivity index (χ1) is 10.3. The third-order valence-electron chi connectivity index (χ3n) is 4.37. The van der Waals surface area contributed by atoms with Crippen molar-refractivity contribution in [3.63, 3.8) is 0 Å². The van der Waals surface area contributed by atoms with Gasteiger partial charge < -0.3 is 15.0 Å². The molecule has 21 heavy (non-hydrogen) atoms. The second-order valence-electron chi connectivity index (χ2n) is 5.80. The van der Waals surface area contributed by atoms with E-state index in [2.05, 4.69) is 10.3 Å². The Bertz CT molecular complexity index is 446. The summed E-state index contributed by atoms with van der Waals surface area (Å²) in [5.74, 6) is 0.990. The van der Waals surface area contributed by atoms with Crippen molar-refractivity contribution in [1.82, 2.24) is 15.2 Å². The maximum absolute atomic E-state index is 12.4. The van der Waals surface area contributed by atoms with Crippen LogP contribution in [0.2, 0.25) is 0 Å². The van der Waals surface area contributed by atoms with Crippen molar-refractivity contribution in [3.05, 3.63) is 16.6 Å². The first kappa shape index (κ1) is 14.9. The first-order valence-corrected chi connectivity index (χ1v) is 8.70. The van der Waals surface area contributed by atoms with E-state index in [0.717, 1.165) is 24.5 Å². The number of piperidine rings is 1. The Kier molecular flexibility index (Phi) is 5.22. The van der Waals surface area contributed by atoms with Gasteiger partial charge in [-0.05, 0) is 38.3 Å². The topological polar surface area (TPSA) is 54.5 Å². The van der Waals surface area contributed by atoms with Crippen LogP contribution < -0.4 is 5.32 Å². The van der Waals surface area contributed by atoms with Gasteiger partial charge in [0.05, 0.1) is 13.2 Å². The van der Waals surface area contributed by atoms with Gasteiger partial charge in [0.25, 0.3) is 0 Å². The van der Waals surface area contributed by atoms with Gasteiger partial charge in [-0.1, -0.05) is 0 Å². The lowest BCUT2D eigenvalue weighted by Gasteiger charge is -2.32. The molecule has 0 spiro atoms. The Labute approximate surface area is 129 Å². The Balaban J connectivity index is 1.47. The quantitative estimate of drug-likeness (QED) is 0.922. The van der Waals surface area contributed by atoms with Crippen LogP contribution in [0.1, 0.15) is 36.8 Å². The average molecular weight is 309 g/mol. The molecular weight excluding hydrogens is 286 g/mol. The van der Waals surface area contributed by atoms with Gasteiger partial charge in [0.15, 0.2) is 0 Å². The third kappa shape index (κ3) is 4.02. The lowest BCUT2D eigenvalue weighted by molar-refractivity contribution is -0.139. The fraction of sp³-hybridized carbons (Fsp3) is 0.733. The third-order valence-corrected chi connectivity index (χ3v) is 5.24. The maximum atomic E-state index is 12.4. The molecule has 1 aromatic rings. The standard InChI is InChI=1S/C15H23N3O2S/c19-14(2-1-12-3-5-16-6-4-12)18-8-9-20-13(11-18)15-17-7-10-21-15/h7,10,12-13,16H,1-6,8-9,11H2. The fourth-order valence-electron chi connectivity index (χ4n) is 3.07. The maximum Gasteiger partial charge on any atom is 0.222 e. The highest BCUT2D eigenvalue weighted by Gasteiger charge is 2.27. The van der Waals surface area contributed by atoms with E-state index in [9.17, 15) is 4.79 Å². The van der Waals surface area contributed by atoms with Gasteiger partial charge in [-0.15, -0.1) is 11.3 Å². The SMILES string of the molecule is O=C(CCC1CCNCC1)N1CCOC(c2nccs2)C1. The summed E-state index contributed by atoms with van der Waals surface area (Å²) in [6.45, 7) is 4.18. The van der Waals surface area contributed by atoms with Gasteiger partial charge in [-0.25, -0.2) is 4.98 Å². The number of nitrogens with zero attached hydrogens (tertiary/aromatic N) is 2. The minimum atomic E-state index is -0.0402. The smallest absolute Gasteiger partial charge is 0.222 e. The van der Waals surface area contributed by atoms with Crippen LogP contribution in [0.15, 0.2) is 11.6 Å². The molecule has 116 valence electrons. The lowest BCUT2D eigenvalue weighted by atomic mass is 9.93. The minimum absolute atomic E-state index is 0.0402. The fourth-order valence-corrected chi connectivity index (χ4v) is 3.75. The molecule has 2 fully saturated rings. The number of aromatic nitrogens is 1. The monoisotopic (exact) mass is 309 g/mol. The number of hydrogen-bond donors (Lipinski definition) is 1. The predicted octanol–water partition coefficient (Wildman–Crippen LogP) is 1.82. The molecule has 2 aliphatic heterocycles. The van der Waals surface area contributed by atoms with Crippen molar-refractivity contribution >= 4 is 17.2 Å². The molecular formula is C15H23N3O2S. The summed E-state index contributed by atoms with van der Waals surface area (Å²) in [5.41, 5.74) is 0. The van der Waals surface area contributed by atoms with E-state index in [1.165, 1.54) is 12.8 Å². The van der Waals surface area contributed by atoms with Gasteiger partial charge in [0.1, 0.15) is 11.1 Å². The number of amides is 1. The predicted molar refractivity (Wildman–Crippen MR) is 82.2 cm³/mol. The second kappa shape index (κ2) is 7.33. The number of carbonyl (C=O) groups excluding carboxylic acids is 1. The summed E-state index contributed by atoms with van der Waals surface area (Å²) in [4.78, 5) is 18.7. The van der Waals surface area contributed by atoms with Gasteiger partial charge in [-0.2, -0.15) is 0 Å². The van der Waals surface area contributed by atoms with Crippen molar-refractivity contribution in [2.75, 3.05) is 32.8 Å². The largest absolute Gasteiger partial charge is 0.367 e. The van der Waals surface area contributed by atoms with Crippen LogP contribution in [0.5, 0.6) is 0 Å². The summed E-state index contributed by atoms with van der Waals surface area (Å²) in [7, 11) is 0. The van der Waals surface area contributed by atoms with Crippen LogP contribution >= 0.6 is 11.3 Å². The van der Waals surface area contributed by atoms with Crippen molar-refractivity contribution in [2.45, 2.75) is 31.8 Å². The Morgan fingerprint density at radius 1 is 1.48 bits per heavy atom. The molecule has 1 aromatic heterocycles. The summed E-state index contributed by atoms with van der Waals surface area (Å²) in [6.07, 6.45) is 5.87. The molecule has 2 saturated heterocycles. The zero-order valence-electron chi connectivity index (χ0n) is 12.3. The number of rotatable bonds is 4. The Morgan fingerprint density at radius 2 is 2.33 bits per heavy atom. The Hall–Kier alpha value is -0.980. The second-order valence-corrected chi connectivity index (χ2v) is 6.73. The van der Waals surface area contributed by atoms with Gasteiger partial charge >= 0.3 is 0 Å². The van der Waals surface area contributed by atoms with Crippen LogP contribution in [0, 0.1) is 5.92 Å². The summed E-state index contributed by atoms with van der Waals surface area (Å²) in [5, 5.41) is 6.30. The van der Waals surface area contributed by atoms with Crippen LogP contribution in [0.3, 0.4) is 0 Å². The van der Waals surface area contributed by atoms with Crippen molar-refractivity contribution in [3.8, 4) is 0 Å². The average Bonchev–Trinajstić information content (AvgIpc) is 3.08. The number of ether oxygens (including phenoxy) is 1. The van der Waals surface area contributed by atoms with E-state index < -0.39 is 0 Å². The summed E-state index contributed by atoms with van der Waals surface area (Å²) < 4.78 is 5.74. The molecule has 1 unspecified atom stereocenters.